The molecule has 2 aliphatic heterocycles. The van der Waals surface area contributed by atoms with Crippen LogP contribution in [0, 0.1) is 6.92 Å². The number of fused-ring (bicyclic) bond motifs is 2. The van der Waals surface area contributed by atoms with E-state index >= 15 is 0 Å². The molecular formula is C23H29N5O3. The fraction of sp³-hybridized carbons (Fsp3) is 0.478. The number of nitrogens with one attached hydrogen (secondary N) is 1. The third-order valence-electron chi connectivity index (χ3n) is 5.97. The van der Waals surface area contributed by atoms with Crippen molar-refractivity contribution in [3.63, 3.8) is 0 Å². The summed E-state index contributed by atoms with van der Waals surface area (Å²) >= 11 is 0. The molecule has 4 rings (SSSR count). The van der Waals surface area contributed by atoms with Crippen LogP contribution in [0.25, 0.3) is 6.58 Å². The van der Waals surface area contributed by atoms with Gasteiger partial charge in [-0.3, -0.25) is 9.59 Å². The van der Waals surface area contributed by atoms with Crippen LogP contribution < -0.4 is 26.2 Å². The van der Waals surface area contributed by atoms with E-state index in [0.717, 1.165) is 49.3 Å². The zero-order chi connectivity index (χ0) is 22.0. The fourth-order valence-corrected chi connectivity index (χ4v) is 4.42. The lowest BCUT2D eigenvalue weighted by Gasteiger charge is -2.30. The lowest BCUT2D eigenvalue weighted by atomic mass is 10.1. The average Bonchev–Trinajstić information content (AvgIpc) is 3.24. The van der Waals surface area contributed by atoms with Crippen molar-refractivity contribution in [1.82, 2.24) is 9.97 Å². The fourth-order valence-electron chi connectivity index (χ4n) is 4.42. The highest BCUT2D eigenvalue weighted by Crippen LogP contribution is 2.40. The van der Waals surface area contributed by atoms with Crippen molar-refractivity contribution in [2.24, 2.45) is 4.99 Å². The number of hydrogen-bond donors (Lipinski definition) is 2. The predicted octanol–water partition coefficient (Wildman–Crippen LogP) is 2.53. The number of unbranched alkanes of at least 4 members (excludes halogenated alkanes) is 3. The van der Waals surface area contributed by atoms with Crippen LogP contribution in [0.15, 0.2) is 21.9 Å². The molecule has 31 heavy (non-hydrogen) atoms. The Bertz CT molecular complexity index is 1150. The number of benzene rings is 1. The molecule has 0 aliphatic carbocycles. The van der Waals surface area contributed by atoms with Crippen LogP contribution in [0.5, 0.6) is 0 Å². The highest BCUT2D eigenvalue weighted by molar-refractivity contribution is 5.81. The molecular weight excluding hydrogens is 394 g/mol. The van der Waals surface area contributed by atoms with Crippen LogP contribution in [0.1, 0.15) is 50.5 Å². The van der Waals surface area contributed by atoms with Gasteiger partial charge in [0.25, 0.3) is 5.56 Å². The molecule has 8 heteroatoms. The molecule has 0 spiro atoms. The SMILES string of the molecule is C=c1nc2c(c(=O)[nH]1)=Nc1cc(C)c(N3CCCC3)cc1N2CCCCCCC(=O)O. The Morgan fingerprint density at radius 2 is 1.90 bits per heavy atom. The number of hydrogen-bond acceptors (Lipinski definition) is 6. The maximum Gasteiger partial charge on any atom is 0.303 e. The second-order valence-corrected chi connectivity index (χ2v) is 8.33. The smallest absolute Gasteiger partial charge is 0.303 e. The molecule has 3 heterocycles. The molecule has 164 valence electrons. The first-order chi connectivity index (χ1) is 14.9. The number of carboxylic acid groups (broad SMARTS) is 1. The quantitative estimate of drug-likeness (QED) is 0.633. The number of nitrogens with zero attached hydrogens (tertiary/aromatic N) is 4. The lowest BCUT2D eigenvalue weighted by molar-refractivity contribution is -0.137. The van der Waals surface area contributed by atoms with Crippen LogP contribution in [-0.4, -0.2) is 40.7 Å². The van der Waals surface area contributed by atoms with Crippen LogP contribution in [-0.2, 0) is 4.79 Å². The van der Waals surface area contributed by atoms with Gasteiger partial charge in [0.15, 0.2) is 11.2 Å². The van der Waals surface area contributed by atoms with Gasteiger partial charge in [-0.1, -0.05) is 19.4 Å². The Kier molecular flexibility index (Phi) is 6.06. The molecule has 1 fully saturated rings. The molecule has 1 aromatic heterocycles. The highest BCUT2D eigenvalue weighted by Gasteiger charge is 2.25. The summed E-state index contributed by atoms with van der Waals surface area (Å²) in [4.78, 5) is 39.6. The molecule has 1 aromatic carbocycles. The Hall–Kier alpha value is -3.16. The number of aromatic nitrogens is 2. The molecule has 0 bridgehead atoms. The van der Waals surface area contributed by atoms with Crippen LogP contribution >= 0.6 is 0 Å². The summed E-state index contributed by atoms with van der Waals surface area (Å²) in [6, 6.07) is 4.24. The molecule has 1 saturated heterocycles. The predicted molar refractivity (Wildman–Crippen MR) is 121 cm³/mol. The number of aromatic amines is 1. The van der Waals surface area contributed by atoms with E-state index in [-0.39, 0.29) is 12.0 Å². The maximum absolute atomic E-state index is 12.6. The first kappa shape index (κ1) is 21.1. The average molecular weight is 424 g/mol. The first-order valence-electron chi connectivity index (χ1n) is 11.0. The van der Waals surface area contributed by atoms with E-state index in [1.165, 1.54) is 18.5 Å². The van der Waals surface area contributed by atoms with Crippen LogP contribution in [0.3, 0.4) is 0 Å². The second kappa shape index (κ2) is 8.91. The van der Waals surface area contributed by atoms with E-state index in [4.69, 9.17) is 5.11 Å². The van der Waals surface area contributed by atoms with E-state index in [9.17, 15) is 9.59 Å². The molecule has 0 saturated carbocycles. The van der Waals surface area contributed by atoms with Gasteiger partial charge in [-0.15, -0.1) is 0 Å². The maximum atomic E-state index is 12.6. The van der Waals surface area contributed by atoms with E-state index < -0.39 is 5.97 Å². The van der Waals surface area contributed by atoms with Gasteiger partial charge in [-0.05, 0) is 50.3 Å². The minimum atomic E-state index is -0.753. The van der Waals surface area contributed by atoms with Gasteiger partial charge in [0.1, 0.15) is 5.48 Å². The molecule has 2 N–H and O–H groups in total. The van der Waals surface area contributed by atoms with E-state index in [1.807, 2.05) is 0 Å². The van der Waals surface area contributed by atoms with E-state index in [1.54, 1.807) is 0 Å². The Morgan fingerprint density at radius 3 is 2.65 bits per heavy atom. The Labute approximate surface area is 181 Å². The molecule has 0 radical (unpaired) electrons. The third kappa shape index (κ3) is 4.47. The lowest BCUT2D eigenvalue weighted by Crippen LogP contribution is -2.42. The van der Waals surface area contributed by atoms with Gasteiger partial charge < -0.3 is 19.9 Å². The van der Waals surface area contributed by atoms with Crippen molar-refractivity contribution in [1.29, 1.82) is 0 Å². The van der Waals surface area contributed by atoms with E-state index in [2.05, 4.69) is 50.4 Å². The van der Waals surface area contributed by atoms with Crippen molar-refractivity contribution in [2.75, 3.05) is 29.4 Å². The number of H-pyrrole nitrogens is 1. The minimum absolute atomic E-state index is 0.203. The van der Waals surface area contributed by atoms with Gasteiger partial charge in [0, 0.05) is 31.7 Å². The van der Waals surface area contributed by atoms with Gasteiger partial charge in [-0.2, -0.15) is 0 Å². The van der Waals surface area contributed by atoms with Crippen molar-refractivity contribution < 1.29 is 9.90 Å². The number of rotatable bonds is 8. The summed E-state index contributed by atoms with van der Waals surface area (Å²) in [7, 11) is 0. The van der Waals surface area contributed by atoms with Crippen molar-refractivity contribution >= 4 is 35.4 Å². The monoisotopic (exact) mass is 423 g/mol. The molecule has 2 aromatic rings. The number of carbonyl (C=O) groups is 1. The topological polar surface area (TPSA) is 102 Å². The standard InChI is InChI=1S/C23H29N5O3/c1-15-13-17-19(14-18(15)27-10-7-8-11-27)28(12-6-4-3-5-9-20(29)30)22-21(26-17)23(31)25-16(2)24-22/h13-14H,2-12H2,1H3,(H,25,31)(H,29,30). The highest BCUT2D eigenvalue weighted by atomic mass is 16.4. The summed E-state index contributed by atoms with van der Waals surface area (Å²) in [5.41, 5.74) is 4.14. The zero-order valence-corrected chi connectivity index (χ0v) is 18.0. The Balaban J connectivity index is 1.67. The van der Waals surface area contributed by atoms with Crippen molar-refractivity contribution in [2.45, 2.75) is 51.9 Å². The summed E-state index contributed by atoms with van der Waals surface area (Å²) in [5, 5.41) is 9.13. The third-order valence-corrected chi connectivity index (χ3v) is 5.97. The molecule has 0 atom stereocenters. The largest absolute Gasteiger partial charge is 0.481 e. The summed E-state index contributed by atoms with van der Waals surface area (Å²) in [5.74, 6) is -0.209. The normalized spacial score (nSPS) is 14.9. The minimum Gasteiger partial charge on any atom is -0.481 e. The van der Waals surface area contributed by atoms with Crippen molar-refractivity contribution in [3.05, 3.63) is 38.9 Å². The first-order valence-corrected chi connectivity index (χ1v) is 11.0. The van der Waals surface area contributed by atoms with Gasteiger partial charge in [-0.25, -0.2) is 9.98 Å². The number of carboxylic acids is 1. The number of aryl methyl sites for hydroxylation is 1. The zero-order valence-electron chi connectivity index (χ0n) is 18.0. The van der Waals surface area contributed by atoms with Gasteiger partial charge in [0.2, 0.25) is 0 Å². The summed E-state index contributed by atoms with van der Waals surface area (Å²) in [6.07, 6.45) is 5.92. The van der Waals surface area contributed by atoms with E-state index in [0.29, 0.717) is 29.6 Å². The molecule has 0 unspecified atom stereocenters. The molecule has 2 aliphatic rings. The Morgan fingerprint density at radius 1 is 1.16 bits per heavy atom. The van der Waals surface area contributed by atoms with Crippen molar-refractivity contribution in [3.8, 4) is 0 Å². The number of aliphatic carboxylic acids is 1. The number of anilines is 3. The van der Waals surface area contributed by atoms with Crippen LogP contribution in [0.2, 0.25) is 0 Å². The molecule has 8 nitrogen and oxygen atoms in total. The van der Waals surface area contributed by atoms with Gasteiger partial charge in [0.05, 0.1) is 11.4 Å². The summed E-state index contributed by atoms with van der Waals surface area (Å²) in [6.45, 7) is 8.69. The second-order valence-electron chi connectivity index (χ2n) is 8.33. The molecule has 0 amide bonds. The summed E-state index contributed by atoms with van der Waals surface area (Å²) < 4.78 is 0. The van der Waals surface area contributed by atoms with Gasteiger partial charge >= 0.3 is 5.97 Å². The van der Waals surface area contributed by atoms with Crippen LogP contribution in [0.4, 0.5) is 22.9 Å².